The number of nitrogens with zero attached hydrogens (tertiary/aromatic N) is 1. The summed E-state index contributed by atoms with van der Waals surface area (Å²) in [7, 11) is 0. The minimum absolute atomic E-state index is 0.268. The molecule has 1 aromatic carbocycles. The van der Waals surface area contributed by atoms with E-state index in [-0.39, 0.29) is 6.03 Å². The Morgan fingerprint density at radius 3 is 2.76 bits per heavy atom. The van der Waals surface area contributed by atoms with Gasteiger partial charge in [0.25, 0.3) is 0 Å². The molecule has 112 valence electrons. The van der Waals surface area contributed by atoms with Gasteiger partial charge >= 0.3 is 12.0 Å². The number of urea groups is 1. The van der Waals surface area contributed by atoms with Gasteiger partial charge in [0.15, 0.2) is 6.04 Å². The molecule has 0 saturated heterocycles. The molecular weight excluding hydrogens is 268 g/mol. The van der Waals surface area contributed by atoms with Gasteiger partial charge < -0.3 is 15.3 Å². The number of nitrogens with one attached hydrogen (secondary N) is 1. The van der Waals surface area contributed by atoms with Crippen LogP contribution in [0.25, 0.3) is 0 Å². The molecule has 21 heavy (non-hydrogen) atoms. The number of amides is 2. The molecule has 1 fully saturated rings. The quantitative estimate of drug-likeness (QED) is 0.894. The number of benzene rings is 1. The fraction of sp³-hybridized carbons (Fsp3) is 0.500. The highest BCUT2D eigenvalue weighted by Gasteiger charge is 2.37. The third kappa shape index (κ3) is 2.73. The highest BCUT2D eigenvalue weighted by Crippen LogP contribution is 2.37. The van der Waals surface area contributed by atoms with Gasteiger partial charge in [0.2, 0.25) is 0 Å². The predicted octanol–water partition coefficient (Wildman–Crippen LogP) is 2.04. The van der Waals surface area contributed by atoms with Crippen molar-refractivity contribution in [1.82, 2.24) is 10.2 Å². The van der Waals surface area contributed by atoms with Gasteiger partial charge in [0.1, 0.15) is 0 Å². The molecule has 1 heterocycles. The average Bonchev–Trinajstić information content (AvgIpc) is 3.19. The minimum Gasteiger partial charge on any atom is -0.479 e. The third-order valence-electron chi connectivity index (χ3n) is 4.57. The van der Waals surface area contributed by atoms with Crippen molar-refractivity contribution in [3.63, 3.8) is 0 Å². The number of carbonyl (C=O) groups excluding carboxylic acids is 1. The van der Waals surface area contributed by atoms with Crippen molar-refractivity contribution in [3.05, 3.63) is 35.4 Å². The van der Waals surface area contributed by atoms with Crippen LogP contribution in [0.1, 0.15) is 30.5 Å². The Balaban J connectivity index is 1.75. The fourth-order valence-electron chi connectivity index (χ4n) is 3.06. The first kappa shape index (κ1) is 13.9. The van der Waals surface area contributed by atoms with Gasteiger partial charge in [-0.05, 0) is 35.8 Å². The van der Waals surface area contributed by atoms with E-state index >= 15 is 0 Å². The van der Waals surface area contributed by atoms with E-state index in [9.17, 15) is 14.7 Å². The summed E-state index contributed by atoms with van der Waals surface area (Å²) in [6, 6.07) is 6.31. The van der Waals surface area contributed by atoms with Crippen molar-refractivity contribution in [2.45, 2.75) is 25.8 Å². The number of rotatable bonds is 3. The number of carboxylic acid groups (broad SMARTS) is 1. The smallest absolute Gasteiger partial charge is 0.331 e. The molecule has 3 atom stereocenters. The number of carbonyl (C=O) groups is 2. The molecule has 2 amide bonds. The number of carboxylic acids is 1. The number of hydrogen-bond acceptors (Lipinski definition) is 2. The second-order valence-electron chi connectivity index (χ2n) is 6.04. The molecular formula is C16H20N2O3. The second kappa shape index (κ2) is 5.39. The molecule has 3 unspecified atom stereocenters. The molecule has 2 N–H and O–H groups in total. The van der Waals surface area contributed by atoms with E-state index in [0.29, 0.717) is 31.3 Å². The van der Waals surface area contributed by atoms with E-state index in [1.807, 2.05) is 18.2 Å². The van der Waals surface area contributed by atoms with E-state index < -0.39 is 12.0 Å². The molecule has 5 heteroatoms. The maximum atomic E-state index is 12.3. The fourth-order valence-corrected chi connectivity index (χ4v) is 3.06. The lowest BCUT2D eigenvalue weighted by atomic mass is 9.93. The van der Waals surface area contributed by atoms with Gasteiger partial charge in [-0.15, -0.1) is 0 Å². The van der Waals surface area contributed by atoms with Crippen LogP contribution in [0, 0.1) is 11.8 Å². The van der Waals surface area contributed by atoms with E-state index in [1.54, 1.807) is 6.07 Å². The van der Waals surface area contributed by atoms with Crippen LogP contribution in [0.2, 0.25) is 0 Å². The number of hydrogen-bond donors (Lipinski definition) is 2. The van der Waals surface area contributed by atoms with E-state index in [2.05, 4.69) is 12.2 Å². The molecule has 1 aromatic rings. The summed E-state index contributed by atoms with van der Waals surface area (Å²) in [5, 5.41) is 12.4. The summed E-state index contributed by atoms with van der Waals surface area (Å²) in [6.07, 6.45) is 1.85. The molecule has 0 spiro atoms. The first-order valence-corrected chi connectivity index (χ1v) is 7.43. The van der Waals surface area contributed by atoms with Crippen LogP contribution < -0.4 is 5.32 Å². The summed E-state index contributed by atoms with van der Waals surface area (Å²) >= 11 is 0. The van der Waals surface area contributed by atoms with E-state index in [0.717, 1.165) is 17.5 Å². The Morgan fingerprint density at radius 2 is 2.10 bits per heavy atom. The van der Waals surface area contributed by atoms with Crippen LogP contribution in [-0.2, 0) is 11.2 Å². The lowest BCUT2D eigenvalue weighted by molar-refractivity contribution is -0.142. The lowest BCUT2D eigenvalue weighted by Gasteiger charge is -2.34. The normalized spacial score (nSPS) is 26.9. The zero-order valence-electron chi connectivity index (χ0n) is 12.1. The molecule has 1 saturated carbocycles. The monoisotopic (exact) mass is 288 g/mol. The van der Waals surface area contributed by atoms with Crippen molar-refractivity contribution in [2.24, 2.45) is 11.8 Å². The van der Waals surface area contributed by atoms with Crippen LogP contribution in [0.5, 0.6) is 0 Å². The maximum absolute atomic E-state index is 12.3. The molecule has 3 rings (SSSR count). The summed E-state index contributed by atoms with van der Waals surface area (Å²) in [4.78, 5) is 25.4. The summed E-state index contributed by atoms with van der Waals surface area (Å²) < 4.78 is 0. The van der Waals surface area contributed by atoms with Gasteiger partial charge in [-0.2, -0.15) is 0 Å². The highest BCUT2D eigenvalue weighted by molar-refractivity contribution is 5.84. The highest BCUT2D eigenvalue weighted by atomic mass is 16.4. The Kier molecular flexibility index (Phi) is 3.57. The molecule has 0 bridgehead atoms. The van der Waals surface area contributed by atoms with Crippen LogP contribution >= 0.6 is 0 Å². The number of fused-ring (bicyclic) bond motifs is 1. The third-order valence-corrected chi connectivity index (χ3v) is 4.57. The lowest BCUT2D eigenvalue weighted by Crippen LogP contribution is -2.48. The molecule has 1 aliphatic carbocycles. The maximum Gasteiger partial charge on any atom is 0.331 e. The first-order chi connectivity index (χ1) is 10.1. The molecule has 2 aliphatic rings. The Hall–Kier alpha value is -2.04. The summed E-state index contributed by atoms with van der Waals surface area (Å²) in [5.41, 5.74) is 1.75. The van der Waals surface area contributed by atoms with Crippen LogP contribution in [0.3, 0.4) is 0 Å². The Labute approximate surface area is 123 Å². The van der Waals surface area contributed by atoms with Crippen molar-refractivity contribution in [1.29, 1.82) is 0 Å². The number of aliphatic carboxylic acids is 1. The van der Waals surface area contributed by atoms with Gasteiger partial charge in [-0.25, -0.2) is 9.59 Å². The Bertz CT molecular complexity index is 572. The SMILES string of the molecule is CC1CC1CNC(=O)N1CCc2ccccc2C1C(=O)O. The predicted molar refractivity (Wildman–Crippen MR) is 77.9 cm³/mol. The molecule has 5 nitrogen and oxygen atoms in total. The van der Waals surface area contributed by atoms with Crippen molar-refractivity contribution in [2.75, 3.05) is 13.1 Å². The molecule has 1 aliphatic heterocycles. The van der Waals surface area contributed by atoms with Crippen molar-refractivity contribution < 1.29 is 14.7 Å². The zero-order valence-corrected chi connectivity index (χ0v) is 12.1. The zero-order chi connectivity index (χ0) is 15.0. The van der Waals surface area contributed by atoms with E-state index in [1.165, 1.54) is 4.90 Å². The average molecular weight is 288 g/mol. The standard InChI is InChI=1S/C16H20N2O3/c1-10-8-12(10)9-17-16(21)18-7-6-11-4-2-3-5-13(11)14(18)15(19)20/h2-5,10,12,14H,6-9H2,1H3,(H,17,21)(H,19,20). The van der Waals surface area contributed by atoms with Crippen LogP contribution in [0.15, 0.2) is 24.3 Å². The first-order valence-electron chi connectivity index (χ1n) is 7.43. The van der Waals surface area contributed by atoms with Crippen LogP contribution in [0.4, 0.5) is 4.79 Å². The van der Waals surface area contributed by atoms with Gasteiger partial charge in [0, 0.05) is 13.1 Å². The van der Waals surface area contributed by atoms with E-state index in [4.69, 9.17) is 0 Å². The van der Waals surface area contributed by atoms with Crippen LogP contribution in [-0.4, -0.2) is 35.1 Å². The minimum atomic E-state index is -0.975. The largest absolute Gasteiger partial charge is 0.479 e. The summed E-state index contributed by atoms with van der Waals surface area (Å²) in [6.45, 7) is 3.25. The molecule has 0 radical (unpaired) electrons. The van der Waals surface area contributed by atoms with Crippen molar-refractivity contribution >= 4 is 12.0 Å². The van der Waals surface area contributed by atoms with Crippen molar-refractivity contribution in [3.8, 4) is 0 Å². The topological polar surface area (TPSA) is 69.6 Å². The van der Waals surface area contributed by atoms with Gasteiger partial charge in [-0.1, -0.05) is 31.2 Å². The second-order valence-corrected chi connectivity index (χ2v) is 6.04. The Morgan fingerprint density at radius 1 is 1.38 bits per heavy atom. The summed E-state index contributed by atoms with van der Waals surface area (Å²) in [5.74, 6) is 0.244. The van der Waals surface area contributed by atoms with Gasteiger partial charge in [-0.3, -0.25) is 0 Å². The van der Waals surface area contributed by atoms with Gasteiger partial charge in [0.05, 0.1) is 0 Å². The molecule has 0 aromatic heterocycles.